The van der Waals surface area contributed by atoms with Gasteiger partial charge < -0.3 is 4.74 Å². The van der Waals surface area contributed by atoms with E-state index in [9.17, 15) is 4.39 Å². The number of imidazole rings is 1. The van der Waals surface area contributed by atoms with E-state index in [2.05, 4.69) is 15.5 Å². The number of halogens is 1. The molecule has 0 saturated carbocycles. The Bertz CT molecular complexity index is 1020. The second kappa shape index (κ2) is 6.40. The predicted octanol–water partition coefficient (Wildman–Crippen LogP) is 5.03. The number of fused-ring (bicyclic) bond motifs is 1. The van der Waals surface area contributed by atoms with Crippen molar-refractivity contribution in [3.63, 3.8) is 0 Å². The van der Waals surface area contributed by atoms with E-state index in [0.717, 1.165) is 33.8 Å². The first-order valence-corrected chi connectivity index (χ1v) is 8.11. The number of aromatic nitrogens is 2. The summed E-state index contributed by atoms with van der Waals surface area (Å²) in [5.41, 5.74) is 5.04. The molecule has 124 valence electrons. The number of nitrogens with zero attached hydrogens (tertiary/aromatic N) is 2. The minimum atomic E-state index is -0.239. The molecular formula is C21H17FN2O. The SMILES string of the molecule is Cc1cc(-c2cnc3ccccn23)ccc1OCc1ccc(F)cc1. The van der Waals surface area contributed by atoms with Crippen LogP contribution in [-0.2, 0) is 6.61 Å². The second-order valence-electron chi connectivity index (χ2n) is 5.97. The lowest BCUT2D eigenvalue weighted by Crippen LogP contribution is -1.97. The van der Waals surface area contributed by atoms with E-state index >= 15 is 0 Å². The highest BCUT2D eigenvalue weighted by Crippen LogP contribution is 2.27. The third-order valence-electron chi connectivity index (χ3n) is 4.20. The maximum atomic E-state index is 13.0. The lowest BCUT2D eigenvalue weighted by Gasteiger charge is -2.11. The molecule has 0 saturated heterocycles. The number of rotatable bonds is 4. The van der Waals surface area contributed by atoms with Gasteiger partial charge in [-0.15, -0.1) is 0 Å². The molecular weight excluding hydrogens is 315 g/mol. The smallest absolute Gasteiger partial charge is 0.137 e. The van der Waals surface area contributed by atoms with Crippen molar-refractivity contribution in [3.05, 3.63) is 90.0 Å². The Morgan fingerprint density at radius 1 is 1.04 bits per heavy atom. The molecule has 0 unspecified atom stereocenters. The lowest BCUT2D eigenvalue weighted by atomic mass is 10.1. The Labute approximate surface area is 145 Å². The molecule has 0 spiro atoms. The standard InChI is InChI=1S/C21H17FN2O/c1-15-12-17(19-13-23-21-4-2-3-11-24(19)21)7-10-20(15)25-14-16-5-8-18(22)9-6-16/h2-13H,14H2,1H3. The Balaban J connectivity index is 1.57. The van der Waals surface area contributed by atoms with Gasteiger partial charge in [0, 0.05) is 11.8 Å². The Kier molecular flexibility index (Phi) is 3.94. The van der Waals surface area contributed by atoms with Crippen LogP contribution in [0.5, 0.6) is 5.75 Å². The van der Waals surface area contributed by atoms with Crippen LogP contribution in [0.1, 0.15) is 11.1 Å². The Morgan fingerprint density at radius 2 is 1.88 bits per heavy atom. The first kappa shape index (κ1) is 15.4. The minimum Gasteiger partial charge on any atom is -0.489 e. The van der Waals surface area contributed by atoms with Crippen LogP contribution >= 0.6 is 0 Å². The van der Waals surface area contributed by atoms with Gasteiger partial charge in [0.25, 0.3) is 0 Å². The van der Waals surface area contributed by atoms with E-state index in [1.165, 1.54) is 12.1 Å². The van der Waals surface area contributed by atoms with Gasteiger partial charge >= 0.3 is 0 Å². The van der Waals surface area contributed by atoms with Gasteiger partial charge in [0.05, 0.1) is 11.9 Å². The third-order valence-corrected chi connectivity index (χ3v) is 4.20. The fourth-order valence-corrected chi connectivity index (χ4v) is 2.86. The van der Waals surface area contributed by atoms with E-state index < -0.39 is 0 Å². The highest BCUT2D eigenvalue weighted by Gasteiger charge is 2.08. The van der Waals surface area contributed by atoms with Gasteiger partial charge in [0.1, 0.15) is 23.8 Å². The summed E-state index contributed by atoms with van der Waals surface area (Å²) < 4.78 is 20.9. The monoisotopic (exact) mass is 332 g/mol. The molecule has 4 heteroatoms. The topological polar surface area (TPSA) is 26.5 Å². The maximum Gasteiger partial charge on any atom is 0.137 e. The number of aryl methyl sites for hydroxylation is 1. The maximum absolute atomic E-state index is 13.0. The zero-order chi connectivity index (χ0) is 17.2. The predicted molar refractivity (Wildman–Crippen MR) is 96.1 cm³/mol. The van der Waals surface area contributed by atoms with Gasteiger partial charge in [0.2, 0.25) is 0 Å². The van der Waals surface area contributed by atoms with Gasteiger partial charge in [-0.2, -0.15) is 0 Å². The van der Waals surface area contributed by atoms with Crippen molar-refractivity contribution in [2.75, 3.05) is 0 Å². The van der Waals surface area contributed by atoms with Crippen molar-refractivity contribution in [3.8, 4) is 17.0 Å². The van der Waals surface area contributed by atoms with Gasteiger partial charge in [0.15, 0.2) is 0 Å². The van der Waals surface area contributed by atoms with E-state index in [1.54, 1.807) is 12.1 Å². The normalized spacial score (nSPS) is 11.0. The molecule has 0 amide bonds. The highest BCUT2D eigenvalue weighted by atomic mass is 19.1. The molecule has 0 N–H and O–H groups in total. The van der Waals surface area contributed by atoms with Crippen molar-refractivity contribution in [2.24, 2.45) is 0 Å². The molecule has 0 aliphatic carbocycles. The molecule has 0 atom stereocenters. The molecule has 3 nitrogen and oxygen atoms in total. The average Bonchev–Trinajstić information content (AvgIpc) is 3.06. The summed E-state index contributed by atoms with van der Waals surface area (Å²) >= 11 is 0. The van der Waals surface area contributed by atoms with Crippen molar-refractivity contribution < 1.29 is 9.13 Å². The first-order chi connectivity index (χ1) is 12.2. The third kappa shape index (κ3) is 3.11. The summed E-state index contributed by atoms with van der Waals surface area (Å²) in [6, 6.07) is 18.4. The van der Waals surface area contributed by atoms with Crippen LogP contribution in [-0.4, -0.2) is 9.38 Å². The largest absolute Gasteiger partial charge is 0.489 e. The van der Waals surface area contributed by atoms with E-state index in [4.69, 9.17) is 4.74 Å². The summed E-state index contributed by atoms with van der Waals surface area (Å²) in [5, 5.41) is 0. The van der Waals surface area contributed by atoms with Crippen molar-refractivity contribution in [1.82, 2.24) is 9.38 Å². The van der Waals surface area contributed by atoms with E-state index in [-0.39, 0.29) is 5.82 Å². The van der Waals surface area contributed by atoms with Crippen molar-refractivity contribution >= 4 is 5.65 Å². The van der Waals surface area contributed by atoms with E-state index in [0.29, 0.717) is 6.61 Å². The minimum absolute atomic E-state index is 0.239. The molecule has 25 heavy (non-hydrogen) atoms. The Morgan fingerprint density at radius 3 is 2.68 bits per heavy atom. The molecule has 0 aliphatic heterocycles. The van der Waals surface area contributed by atoms with Gasteiger partial charge in [-0.05, 0) is 60.5 Å². The summed E-state index contributed by atoms with van der Waals surface area (Å²) in [5.74, 6) is 0.583. The fraction of sp³-hybridized carbons (Fsp3) is 0.0952. The van der Waals surface area contributed by atoms with Crippen LogP contribution in [0.2, 0.25) is 0 Å². The summed E-state index contributed by atoms with van der Waals surface area (Å²) in [6.45, 7) is 2.43. The van der Waals surface area contributed by atoms with Gasteiger partial charge in [-0.1, -0.05) is 18.2 Å². The lowest BCUT2D eigenvalue weighted by molar-refractivity contribution is 0.304. The molecule has 2 aromatic carbocycles. The van der Waals surface area contributed by atoms with E-state index in [1.807, 2.05) is 49.6 Å². The molecule has 4 rings (SSSR count). The Hall–Kier alpha value is -3.14. The zero-order valence-electron chi connectivity index (χ0n) is 13.8. The van der Waals surface area contributed by atoms with Crippen molar-refractivity contribution in [2.45, 2.75) is 13.5 Å². The van der Waals surface area contributed by atoms with Crippen LogP contribution in [0.4, 0.5) is 4.39 Å². The molecule has 2 aromatic heterocycles. The van der Waals surface area contributed by atoms with Crippen LogP contribution in [0.25, 0.3) is 16.9 Å². The summed E-state index contributed by atoms with van der Waals surface area (Å²) in [6.07, 6.45) is 3.88. The zero-order valence-corrected chi connectivity index (χ0v) is 13.8. The van der Waals surface area contributed by atoms with Crippen LogP contribution in [0.15, 0.2) is 73.1 Å². The average molecular weight is 332 g/mol. The fourth-order valence-electron chi connectivity index (χ4n) is 2.86. The molecule has 2 heterocycles. The molecule has 0 radical (unpaired) electrons. The summed E-state index contributed by atoms with van der Waals surface area (Å²) in [4.78, 5) is 4.43. The first-order valence-electron chi connectivity index (χ1n) is 8.11. The summed E-state index contributed by atoms with van der Waals surface area (Å²) in [7, 11) is 0. The molecule has 4 aromatic rings. The van der Waals surface area contributed by atoms with Gasteiger partial charge in [-0.3, -0.25) is 4.40 Å². The number of hydrogen-bond acceptors (Lipinski definition) is 2. The van der Waals surface area contributed by atoms with Crippen LogP contribution < -0.4 is 4.74 Å². The quantitative estimate of drug-likeness (QED) is 0.524. The molecule has 0 fully saturated rings. The number of ether oxygens (including phenoxy) is 1. The molecule has 0 bridgehead atoms. The van der Waals surface area contributed by atoms with Crippen molar-refractivity contribution in [1.29, 1.82) is 0 Å². The number of benzene rings is 2. The second-order valence-corrected chi connectivity index (χ2v) is 5.97. The van der Waals surface area contributed by atoms with Gasteiger partial charge in [-0.25, -0.2) is 9.37 Å². The van der Waals surface area contributed by atoms with Crippen LogP contribution in [0, 0.1) is 12.7 Å². The number of pyridine rings is 1. The highest BCUT2D eigenvalue weighted by molar-refractivity contribution is 5.65. The van der Waals surface area contributed by atoms with Crippen LogP contribution in [0.3, 0.4) is 0 Å². The number of hydrogen-bond donors (Lipinski definition) is 0. The molecule has 0 aliphatic rings.